The quantitative estimate of drug-likeness (QED) is 0.392. The lowest BCUT2D eigenvalue weighted by Crippen LogP contribution is -2.52. The van der Waals surface area contributed by atoms with Crippen LogP contribution < -0.4 is 16.0 Å². The van der Waals surface area contributed by atoms with Gasteiger partial charge in [0.05, 0.1) is 12.2 Å². The standard InChI is InChI=1S/C24H32N4O6/c1-15(2)12-19(28-24(32)34-14-16-6-4-3-5-7-16)22(31)27-18(13-17-8-9-25-21(17)30)20(29)23-26-10-11-33-23/h3-7,10-11,15,17-20,29H,8-9,12-14H2,1-2H3,(H,25,30)(H,27,31)(H,28,32)/t17?,18-,19-,20?/m0/s1. The summed E-state index contributed by atoms with van der Waals surface area (Å²) < 4.78 is 10.5. The predicted molar refractivity (Wildman–Crippen MR) is 122 cm³/mol. The number of amides is 3. The zero-order valence-electron chi connectivity index (χ0n) is 19.4. The molecule has 0 aliphatic carbocycles. The first-order chi connectivity index (χ1) is 16.3. The molecule has 1 aliphatic rings. The fourth-order valence-corrected chi connectivity index (χ4v) is 3.89. The molecule has 34 heavy (non-hydrogen) atoms. The number of oxazole rings is 1. The van der Waals surface area contributed by atoms with E-state index in [1.54, 1.807) is 0 Å². The molecule has 3 amide bonds. The van der Waals surface area contributed by atoms with Crippen molar-refractivity contribution in [2.24, 2.45) is 11.8 Å². The third kappa shape index (κ3) is 7.31. The lowest BCUT2D eigenvalue weighted by Gasteiger charge is -2.27. The van der Waals surface area contributed by atoms with Gasteiger partial charge in [0.25, 0.3) is 0 Å². The number of aliphatic hydroxyl groups excluding tert-OH is 1. The molecule has 184 valence electrons. The Kier molecular flexibility index (Phi) is 9.03. The van der Waals surface area contributed by atoms with Gasteiger partial charge < -0.3 is 30.2 Å². The van der Waals surface area contributed by atoms with Gasteiger partial charge in [-0.3, -0.25) is 9.59 Å². The largest absolute Gasteiger partial charge is 0.446 e. The number of benzene rings is 1. The third-order valence-corrected chi connectivity index (χ3v) is 5.64. The first-order valence-corrected chi connectivity index (χ1v) is 11.5. The summed E-state index contributed by atoms with van der Waals surface area (Å²) in [6.07, 6.45) is 1.91. The number of rotatable bonds is 11. The van der Waals surface area contributed by atoms with Gasteiger partial charge in [0.15, 0.2) is 6.10 Å². The van der Waals surface area contributed by atoms with Crippen molar-refractivity contribution < 1.29 is 28.6 Å². The van der Waals surface area contributed by atoms with Gasteiger partial charge in [0, 0.05) is 12.5 Å². The second kappa shape index (κ2) is 12.2. The Morgan fingerprint density at radius 1 is 1.26 bits per heavy atom. The maximum absolute atomic E-state index is 13.2. The van der Waals surface area contributed by atoms with Crippen molar-refractivity contribution >= 4 is 17.9 Å². The second-order valence-corrected chi connectivity index (χ2v) is 8.83. The average molecular weight is 473 g/mol. The summed E-state index contributed by atoms with van der Waals surface area (Å²) in [5, 5.41) is 19.0. The van der Waals surface area contributed by atoms with Crippen LogP contribution in [0, 0.1) is 11.8 Å². The number of nitrogens with zero attached hydrogens (tertiary/aromatic N) is 1. The molecule has 2 unspecified atom stereocenters. The molecule has 0 saturated carbocycles. The van der Waals surface area contributed by atoms with E-state index in [1.165, 1.54) is 12.5 Å². The Hall–Kier alpha value is -3.40. The number of hydrogen-bond acceptors (Lipinski definition) is 7. The molecule has 0 spiro atoms. The number of alkyl carbamates (subject to hydrolysis) is 1. The molecule has 0 radical (unpaired) electrons. The molecular weight excluding hydrogens is 440 g/mol. The minimum Gasteiger partial charge on any atom is -0.446 e. The van der Waals surface area contributed by atoms with Crippen molar-refractivity contribution in [1.29, 1.82) is 0 Å². The van der Waals surface area contributed by atoms with Crippen LogP contribution in [-0.2, 0) is 20.9 Å². The summed E-state index contributed by atoms with van der Waals surface area (Å²) in [7, 11) is 0. The lowest BCUT2D eigenvalue weighted by molar-refractivity contribution is -0.127. The number of aromatic nitrogens is 1. The molecule has 4 atom stereocenters. The number of carbonyl (C=O) groups is 3. The molecule has 2 aromatic rings. The first-order valence-electron chi connectivity index (χ1n) is 11.5. The van der Waals surface area contributed by atoms with E-state index in [-0.39, 0.29) is 36.7 Å². The van der Waals surface area contributed by atoms with Gasteiger partial charge in [-0.1, -0.05) is 44.2 Å². The molecule has 3 rings (SSSR count). The summed E-state index contributed by atoms with van der Waals surface area (Å²) in [6, 6.07) is 7.49. The Bertz CT molecular complexity index is 934. The highest BCUT2D eigenvalue weighted by Gasteiger charge is 2.35. The van der Waals surface area contributed by atoms with E-state index in [2.05, 4.69) is 20.9 Å². The van der Waals surface area contributed by atoms with Crippen LogP contribution in [0.25, 0.3) is 0 Å². The molecule has 1 aromatic heterocycles. The summed E-state index contributed by atoms with van der Waals surface area (Å²) in [4.78, 5) is 41.7. The zero-order valence-corrected chi connectivity index (χ0v) is 19.4. The van der Waals surface area contributed by atoms with Crippen LogP contribution >= 0.6 is 0 Å². The molecule has 2 heterocycles. The highest BCUT2D eigenvalue weighted by Crippen LogP contribution is 2.24. The van der Waals surface area contributed by atoms with E-state index >= 15 is 0 Å². The summed E-state index contributed by atoms with van der Waals surface area (Å²) in [6.45, 7) is 4.48. The third-order valence-electron chi connectivity index (χ3n) is 5.64. The maximum atomic E-state index is 13.2. The first kappa shape index (κ1) is 25.2. The molecule has 1 aliphatic heterocycles. The molecule has 0 bridgehead atoms. The number of aliphatic hydroxyl groups is 1. The zero-order chi connectivity index (χ0) is 24.5. The van der Waals surface area contributed by atoms with Gasteiger partial charge in [-0.05, 0) is 30.7 Å². The van der Waals surface area contributed by atoms with Crippen molar-refractivity contribution in [3.8, 4) is 0 Å². The Morgan fingerprint density at radius 2 is 2.03 bits per heavy atom. The van der Waals surface area contributed by atoms with Gasteiger partial charge in [-0.2, -0.15) is 0 Å². The molecule has 10 heteroatoms. The normalized spacial score (nSPS) is 18.1. The number of hydrogen-bond donors (Lipinski definition) is 4. The molecule has 1 fully saturated rings. The fraction of sp³-hybridized carbons (Fsp3) is 0.500. The van der Waals surface area contributed by atoms with Gasteiger partial charge in [-0.25, -0.2) is 9.78 Å². The van der Waals surface area contributed by atoms with Crippen molar-refractivity contribution in [2.45, 2.75) is 57.9 Å². The molecule has 4 N–H and O–H groups in total. The van der Waals surface area contributed by atoms with Crippen LogP contribution in [0.2, 0.25) is 0 Å². The minimum absolute atomic E-state index is 0.0411. The van der Waals surface area contributed by atoms with Crippen LogP contribution in [-0.4, -0.2) is 46.6 Å². The summed E-state index contributed by atoms with van der Waals surface area (Å²) in [5.74, 6) is -0.831. The topological polar surface area (TPSA) is 143 Å². The SMILES string of the molecule is CC(C)C[C@H](NC(=O)OCc1ccccc1)C(=O)N[C@@H](CC1CCNC1=O)C(O)c1ncco1. The molecule has 1 aromatic carbocycles. The van der Waals surface area contributed by atoms with E-state index in [9.17, 15) is 19.5 Å². The molecule has 10 nitrogen and oxygen atoms in total. The van der Waals surface area contributed by atoms with Gasteiger partial charge in [0.1, 0.15) is 18.9 Å². The predicted octanol–water partition coefficient (Wildman–Crippen LogP) is 2.06. The number of ether oxygens (including phenoxy) is 1. The van der Waals surface area contributed by atoms with Gasteiger partial charge in [0.2, 0.25) is 17.7 Å². The lowest BCUT2D eigenvalue weighted by atomic mass is 9.94. The van der Waals surface area contributed by atoms with E-state index in [1.807, 2.05) is 44.2 Å². The van der Waals surface area contributed by atoms with Crippen LogP contribution in [0.3, 0.4) is 0 Å². The highest BCUT2D eigenvalue weighted by atomic mass is 16.5. The van der Waals surface area contributed by atoms with E-state index in [4.69, 9.17) is 9.15 Å². The fourth-order valence-electron chi connectivity index (χ4n) is 3.89. The monoisotopic (exact) mass is 472 g/mol. The van der Waals surface area contributed by atoms with Crippen molar-refractivity contribution in [2.75, 3.05) is 6.54 Å². The number of nitrogens with one attached hydrogen (secondary N) is 3. The van der Waals surface area contributed by atoms with Crippen LogP contribution in [0.1, 0.15) is 50.7 Å². The minimum atomic E-state index is -1.25. The van der Waals surface area contributed by atoms with Crippen molar-refractivity contribution in [3.05, 3.63) is 54.2 Å². The average Bonchev–Trinajstić information content (AvgIpc) is 3.49. The van der Waals surface area contributed by atoms with Crippen LogP contribution in [0.4, 0.5) is 4.79 Å². The summed E-state index contributed by atoms with van der Waals surface area (Å²) >= 11 is 0. The second-order valence-electron chi connectivity index (χ2n) is 8.83. The van der Waals surface area contributed by atoms with E-state index in [0.717, 1.165) is 5.56 Å². The van der Waals surface area contributed by atoms with Crippen molar-refractivity contribution in [3.63, 3.8) is 0 Å². The maximum Gasteiger partial charge on any atom is 0.408 e. The van der Waals surface area contributed by atoms with Crippen LogP contribution in [0.5, 0.6) is 0 Å². The smallest absolute Gasteiger partial charge is 0.408 e. The summed E-state index contributed by atoms with van der Waals surface area (Å²) in [5.41, 5.74) is 0.825. The van der Waals surface area contributed by atoms with Crippen molar-refractivity contribution in [1.82, 2.24) is 20.9 Å². The Labute approximate surface area is 198 Å². The van der Waals surface area contributed by atoms with Gasteiger partial charge >= 0.3 is 6.09 Å². The van der Waals surface area contributed by atoms with E-state index < -0.39 is 30.2 Å². The Balaban J connectivity index is 1.66. The Morgan fingerprint density at radius 3 is 2.65 bits per heavy atom. The highest BCUT2D eigenvalue weighted by molar-refractivity contribution is 5.86. The molecular formula is C24H32N4O6. The number of carbonyl (C=O) groups excluding carboxylic acids is 3. The molecule has 1 saturated heterocycles. The van der Waals surface area contributed by atoms with Gasteiger partial charge in [-0.15, -0.1) is 0 Å². The van der Waals surface area contributed by atoms with E-state index in [0.29, 0.717) is 19.4 Å². The van der Waals surface area contributed by atoms with Crippen LogP contribution in [0.15, 0.2) is 47.2 Å².